The molecule has 0 unspecified atom stereocenters. The summed E-state index contributed by atoms with van der Waals surface area (Å²) in [4.78, 5) is 14.0. The van der Waals surface area contributed by atoms with Crippen molar-refractivity contribution in [1.82, 2.24) is 15.0 Å². The van der Waals surface area contributed by atoms with E-state index in [0.717, 1.165) is 49.3 Å². The number of fused-ring (bicyclic) bond motifs is 5. The summed E-state index contributed by atoms with van der Waals surface area (Å²) in [6, 6.07) is 24.2. The zero-order valence-electron chi connectivity index (χ0n) is 28.1. The van der Waals surface area contributed by atoms with Crippen LogP contribution in [0.4, 0.5) is 13.2 Å². The molecule has 1 aliphatic heterocycles. The number of ether oxygens (including phenoxy) is 1. The van der Waals surface area contributed by atoms with Gasteiger partial charge in [-0.1, -0.05) is 31.8 Å². The van der Waals surface area contributed by atoms with Crippen LogP contribution in [0.5, 0.6) is 11.5 Å². The van der Waals surface area contributed by atoms with Crippen LogP contribution < -0.4 is 9.92 Å². The van der Waals surface area contributed by atoms with Crippen LogP contribution in [0.2, 0.25) is 36.9 Å². The van der Waals surface area contributed by atoms with Crippen molar-refractivity contribution in [3.05, 3.63) is 95.8 Å². The van der Waals surface area contributed by atoms with E-state index < -0.39 is 32.5 Å². The van der Waals surface area contributed by atoms with Gasteiger partial charge in [-0.05, 0) is 12.1 Å². The number of hydrogen-bond donors (Lipinski definition) is 0. The molecule has 246 valence electrons. The first-order valence-corrected chi connectivity index (χ1v) is 28.4. The molecular formula is C39H34F3GeN3OSSi. The fourth-order valence-corrected chi connectivity index (χ4v) is 12.6. The van der Waals surface area contributed by atoms with Crippen molar-refractivity contribution in [2.75, 3.05) is 0 Å². The van der Waals surface area contributed by atoms with Gasteiger partial charge in [-0.15, -0.1) is 0 Å². The Labute approximate surface area is 290 Å². The fourth-order valence-electron chi connectivity index (χ4n) is 7.01. The van der Waals surface area contributed by atoms with E-state index in [2.05, 4.69) is 71.1 Å². The van der Waals surface area contributed by atoms with E-state index in [1.807, 2.05) is 54.7 Å². The predicted molar refractivity (Wildman–Crippen MR) is 202 cm³/mol. The molecule has 0 spiro atoms. The maximum atomic E-state index is 14.4. The third-order valence-electron chi connectivity index (χ3n) is 9.07. The van der Waals surface area contributed by atoms with Crippen LogP contribution in [-0.2, 0) is 11.4 Å². The Morgan fingerprint density at radius 2 is 1.59 bits per heavy atom. The quantitative estimate of drug-likeness (QED) is 0.164. The summed E-state index contributed by atoms with van der Waals surface area (Å²) < 4.78 is 50.0. The van der Waals surface area contributed by atoms with E-state index in [1.54, 1.807) is 6.20 Å². The molecule has 10 heteroatoms. The molecule has 0 aliphatic carbocycles. The van der Waals surface area contributed by atoms with Crippen LogP contribution in [0.3, 0.4) is 0 Å². The number of hydrogen-bond acceptors (Lipinski definition) is 5. The van der Waals surface area contributed by atoms with Gasteiger partial charge < -0.3 is 0 Å². The molecule has 0 bridgehead atoms. The number of halogens is 3. The Morgan fingerprint density at radius 1 is 0.816 bits per heavy atom. The third kappa shape index (κ3) is 5.56. The van der Waals surface area contributed by atoms with Gasteiger partial charge in [-0.2, -0.15) is 0 Å². The summed E-state index contributed by atoms with van der Waals surface area (Å²) in [5, 5.41) is 5.39. The minimum atomic E-state index is -4.61. The first-order chi connectivity index (χ1) is 23.2. The standard InChI is InChI=1S/C39H34F3GeN3OSSi/c1-43(2,3)20-23-21-45-34-29-19-28(35-37(48-38(46-35)39(40,41)42)36(29)47-31-15-10-11-24(23)33(31)34)25-12-9-13-26-27(25)17-22(18-32(26)49(4,5)6)30-14-7-8-16-44-30/h7-19,21H,20H2,1-6H3. The molecule has 0 amide bonds. The van der Waals surface area contributed by atoms with Gasteiger partial charge in [0.25, 0.3) is 0 Å². The first-order valence-electron chi connectivity index (χ1n) is 16.3. The van der Waals surface area contributed by atoms with Crippen molar-refractivity contribution in [3.63, 3.8) is 0 Å². The van der Waals surface area contributed by atoms with Gasteiger partial charge in [0.05, 0.1) is 13.8 Å². The van der Waals surface area contributed by atoms with Crippen molar-refractivity contribution in [1.29, 1.82) is 0 Å². The molecule has 8 rings (SSSR count). The summed E-state index contributed by atoms with van der Waals surface area (Å²) in [5.74, 6) is 8.12. The molecule has 0 saturated heterocycles. The molecule has 0 radical (unpaired) electrons. The molecular weight excluding hydrogens is 716 g/mol. The molecule has 1 aliphatic rings. The summed E-state index contributed by atoms with van der Waals surface area (Å²) >= 11 is -1.39. The minimum absolute atomic E-state index is 0.273. The first kappa shape index (κ1) is 32.2. The summed E-state index contributed by atoms with van der Waals surface area (Å²) in [7, 11) is -1.89. The molecule has 0 N–H and O–H groups in total. The Kier molecular flexibility index (Phi) is 7.37. The number of rotatable bonds is 5. The van der Waals surface area contributed by atoms with Crippen LogP contribution in [0, 0.1) is 0 Å². The van der Waals surface area contributed by atoms with Crippen molar-refractivity contribution < 1.29 is 17.9 Å². The van der Waals surface area contributed by atoms with E-state index in [0.29, 0.717) is 38.7 Å². The van der Waals surface area contributed by atoms with Gasteiger partial charge in [0, 0.05) is 6.20 Å². The number of pyridine rings is 2. The molecule has 4 heterocycles. The summed E-state index contributed by atoms with van der Waals surface area (Å²) in [6.07, 6.45) is -0.869. The molecule has 4 nitrogen and oxygen atoms in total. The Morgan fingerprint density at radius 3 is 2.31 bits per heavy atom. The number of benzene rings is 4. The Bertz CT molecular complexity index is 2470. The third-order valence-corrected chi connectivity index (χ3v) is 15.2. The molecule has 3 aromatic heterocycles. The van der Waals surface area contributed by atoms with E-state index in [9.17, 15) is 13.2 Å². The fraction of sp³-hybridized carbons (Fsp3) is 0.205. The zero-order valence-corrected chi connectivity index (χ0v) is 32.0. The predicted octanol–water partition coefficient (Wildman–Crippen LogP) is 11.5. The van der Waals surface area contributed by atoms with Gasteiger partial charge in [-0.25, -0.2) is 0 Å². The normalized spacial score (nSPS) is 13.2. The van der Waals surface area contributed by atoms with Crippen LogP contribution >= 0.6 is 11.3 Å². The van der Waals surface area contributed by atoms with Crippen LogP contribution in [0.15, 0.2) is 85.2 Å². The van der Waals surface area contributed by atoms with Crippen LogP contribution in [-0.4, -0.2) is 36.3 Å². The van der Waals surface area contributed by atoms with Crippen molar-refractivity contribution in [3.8, 4) is 45.1 Å². The van der Waals surface area contributed by atoms with Gasteiger partial charge in [0.15, 0.2) is 0 Å². The summed E-state index contributed by atoms with van der Waals surface area (Å²) in [5.41, 5.74) is 6.12. The van der Waals surface area contributed by atoms with E-state index in [4.69, 9.17) is 9.72 Å². The maximum absolute atomic E-state index is 14.4. The van der Waals surface area contributed by atoms with Gasteiger partial charge in [0.2, 0.25) is 0 Å². The molecule has 7 aromatic rings. The average Bonchev–Trinajstić information content (AvgIpc) is 3.51. The van der Waals surface area contributed by atoms with Crippen molar-refractivity contribution in [2.24, 2.45) is 0 Å². The molecule has 0 fully saturated rings. The van der Waals surface area contributed by atoms with E-state index in [1.165, 1.54) is 10.8 Å². The average molecular weight is 750 g/mol. The monoisotopic (exact) mass is 751 g/mol. The summed E-state index contributed by atoms with van der Waals surface area (Å²) in [6.45, 7) is 6.92. The number of nitrogens with zero attached hydrogens (tertiary/aromatic N) is 3. The number of aromatic nitrogens is 3. The van der Waals surface area contributed by atoms with Crippen LogP contribution in [0.1, 0.15) is 10.6 Å². The van der Waals surface area contributed by atoms with Gasteiger partial charge in [-0.3, -0.25) is 4.98 Å². The molecule has 49 heavy (non-hydrogen) atoms. The second-order valence-corrected chi connectivity index (χ2v) is 32.6. The Balaban J connectivity index is 1.47. The second-order valence-electron chi connectivity index (χ2n) is 15.0. The Hall–Kier alpha value is -4.06. The van der Waals surface area contributed by atoms with E-state index >= 15 is 0 Å². The number of alkyl halides is 3. The zero-order chi connectivity index (χ0) is 34.5. The van der Waals surface area contributed by atoms with Gasteiger partial charge >= 0.3 is 223 Å². The van der Waals surface area contributed by atoms with Crippen molar-refractivity contribution >= 4 is 69.6 Å². The number of thiazole rings is 1. The van der Waals surface area contributed by atoms with Crippen molar-refractivity contribution in [2.45, 2.75) is 48.3 Å². The molecule has 4 aromatic carbocycles. The SMILES string of the molecule is C[Si](C)(C)c1cc(-c2ccccn2)cc2c(-c3cc4c(c5sc(C(F)(F)F)nc35)Oc3cccc5c([CH2][Ge]([CH3])([CH3])[CH3])cnc-4c35)cccc12. The molecule has 0 atom stereocenters. The van der Waals surface area contributed by atoms with E-state index in [-0.39, 0.29) is 5.52 Å². The second kappa shape index (κ2) is 11.2. The topological polar surface area (TPSA) is 47.9 Å². The van der Waals surface area contributed by atoms with Gasteiger partial charge in [0.1, 0.15) is 0 Å². The van der Waals surface area contributed by atoms with Crippen LogP contribution in [0.25, 0.3) is 65.4 Å². The molecule has 0 saturated carbocycles.